The molecule has 0 heterocycles. The van der Waals surface area contributed by atoms with Crippen LogP contribution in [0.15, 0.2) is 24.3 Å². The predicted octanol–water partition coefficient (Wildman–Crippen LogP) is 0.864. The smallest absolute Gasteiger partial charge is 0.133 e. The Balaban J connectivity index is 4.01. The van der Waals surface area contributed by atoms with Crippen LogP contribution < -0.4 is 0 Å². The molecule has 12 heavy (non-hydrogen) atoms. The maximum absolute atomic E-state index is 9.07. The first-order valence-corrected chi connectivity index (χ1v) is 3.83. The fourth-order valence-corrected chi connectivity index (χ4v) is 0.632. The molecular weight excluding hydrogens is 152 g/mol. The van der Waals surface area contributed by atoms with Gasteiger partial charge in [-0.2, -0.15) is 0 Å². The lowest BCUT2D eigenvalue weighted by atomic mass is 10.2. The maximum atomic E-state index is 9.07. The molecule has 0 saturated heterocycles. The molecule has 0 aromatic carbocycles. The fraction of sp³-hybridized carbons (Fsp3) is 0.400. The Kier molecular flexibility index (Phi) is 6.08. The van der Waals surface area contributed by atoms with Crippen LogP contribution in [0.3, 0.4) is 0 Å². The summed E-state index contributed by atoms with van der Waals surface area (Å²) in [6, 6.07) is 0. The van der Waals surface area contributed by atoms with Crippen LogP contribution >= 0.6 is 0 Å². The summed E-state index contributed by atoms with van der Waals surface area (Å²) in [7, 11) is 0. The number of aliphatic hydroxyl groups is 2. The summed E-state index contributed by atoms with van der Waals surface area (Å²) in [6.45, 7) is 3.60. The average molecular weight is 166 g/mol. The topological polar surface area (TPSA) is 40.5 Å². The van der Waals surface area contributed by atoms with Crippen LogP contribution in [0.1, 0.15) is 13.8 Å². The highest BCUT2D eigenvalue weighted by Crippen LogP contribution is 1.86. The highest BCUT2D eigenvalue weighted by atomic mass is 16.3. The summed E-state index contributed by atoms with van der Waals surface area (Å²) in [5.74, 6) is 4.97. The largest absolute Gasteiger partial charge is 0.377 e. The Hall–Kier alpha value is -1.04. The van der Waals surface area contributed by atoms with E-state index in [2.05, 4.69) is 11.8 Å². The van der Waals surface area contributed by atoms with Crippen molar-refractivity contribution in [3.05, 3.63) is 24.3 Å². The molecule has 0 aliphatic carbocycles. The van der Waals surface area contributed by atoms with E-state index in [4.69, 9.17) is 10.2 Å². The van der Waals surface area contributed by atoms with Crippen molar-refractivity contribution < 1.29 is 10.2 Å². The minimum absolute atomic E-state index is 0.782. The van der Waals surface area contributed by atoms with Gasteiger partial charge in [-0.3, -0.25) is 0 Å². The Bertz CT molecular complexity index is 196. The molecule has 2 unspecified atom stereocenters. The zero-order valence-corrected chi connectivity index (χ0v) is 7.36. The van der Waals surface area contributed by atoms with Crippen molar-refractivity contribution in [2.24, 2.45) is 0 Å². The predicted molar refractivity (Wildman–Crippen MR) is 49.4 cm³/mol. The average Bonchev–Trinajstić information content (AvgIpc) is 2.02. The third-order valence-corrected chi connectivity index (χ3v) is 1.13. The second-order valence-corrected chi connectivity index (χ2v) is 2.23. The summed E-state index contributed by atoms with van der Waals surface area (Å²) >= 11 is 0. The van der Waals surface area contributed by atoms with E-state index >= 15 is 0 Å². The van der Waals surface area contributed by atoms with Gasteiger partial charge in [0.25, 0.3) is 0 Å². The molecule has 0 fully saturated rings. The summed E-state index contributed by atoms with van der Waals surface area (Å²) < 4.78 is 0. The van der Waals surface area contributed by atoms with Gasteiger partial charge in [-0.05, 0) is 26.0 Å². The lowest BCUT2D eigenvalue weighted by Gasteiger charge is -1.94. The standard InChI is InChI=1S/C10H14O2/c1-3-5-9(11)7-8-10(12)6-4-2/h3-6,9-12H,1-2H3/b5-3+,6-4+. The molecule has 2 heteroatoms. The number of rotatable bonds is 2. The van der Waals surface area contributed by atoms with Crippen LogP contribution in [0.4, 0.5) is 0 Å². The van der Waals surface area contributed by atoms with E-state index < -0.39 is 12.2 Å². The minimum atomic E-state index is -0.782. The summed E-state index contributed by atoms with van der Waals surface area (Å²) in [5.41, 5.74) is 0. The third-order valence-electron chi connectivity index (χ3n) is 1.13. The van der Waals surface area contributed by atoms with Crippen LogP contribution in [0.5, 0.6) is 0 Å². The zero-order chi connectivity index (χ0) is 9.40. The van der Waals surface area contributed by atoms with E-state index in [1.165, 1.54) is 0 Å². The first-order valence-electron chi connectivity index (χ1n) is 3.83. The number of hydrogen-bond donors (Lipinski definition) is 2. The van der Waals surface area contributed by atoms with Gasteiger partial charge >= 0.3 is 0 Å². The van der Waals surface area contributed by atoms with E-state index in [0.717, 1.165) is 0 Å². The summed E-state index contributed by atoms with van der Waals surface area (Å²) in [5, 5.41) is 18.1. The molecule has 2 N–H and O–H groups in total. The van der Waals surface area contributed by atoms with Gasteiger partial charge in [0.2, 0.25) is 0 Å². The van der Waals surface area contributed by atoms with Gasteiger partial charge in [-0.25, -0.2) is 0 Å². The number of aliphatic hydroxyl groups excluding tert-OH is 2. The molecule has 0 rings (SSSR count). The highest BCUT2D eigenvalue weighted by molar-refractivity contribution is 5.18. The minimum Gasteiger partial charge on any atom is -0.377 e. The molecule has 0 aromatic rings. The van der Waals surface area contributed by atoms with Gasteiger partial charge in [0.05, 0.1) is 0 Å². The van der Waals surface area contributed by atoms with Gasteiger partial charge in [0, 0.05) is 0 Å². The Morgan fingerprint density at radius 3 is 1.50 bits per heavy atom. The Labute approximate surface area is 73.2 Å². The molecule has 0 amide bonds. The molecule has 0 spiro atoms. The summed E-state index contributed by atoms with van der Waals surface area (Å²) in [4.78, 5) is 0. The fourth-order valence-electron chi connectivity index (χ4n) is 0.632. The first-order chi connectivity index (χ1) is 5.70. The van der Waals surface area contributed by atoms with Crippen LogP contribution in [-0.2, 0) is 0 Å². The van der Waals surface area contributed by atoms with Crippen molar-refractivity contribution in [1.82, 2.24) is 0 Å². The van der Waals surface area contributed by atoms with Crippen LogP contribution in [0.25, 0.3) is 0 Å². The van der Waals surface area contributed by atoms with Crippen molar-refractivity contribution in [2.45, 2.75) is 26.1 Å². The molecule has 0 saturated carbocycles. The van der Waals surface area contributed by atoms with Crippen LogP contribution in [0.2, 0.25) is 0 Å². The normalized spacial score (nSPS) is 16.0. The Morgan fingerprint density at radius 1 is 0.917 bits per heavy atom. The van der Waals surface area contributed by atoms with E-state index in [0.29, 0.717) is 0 Å². The second kappa shape index (κ2) is 6.66. The molecule has 0 aromatic heterocycles. The van der Waals surface area contributed by atoms with Gasteiger partial charge in [-0.1, -0.05) is 24.0 Å². The van der Waals surface area contributed by atoms with Gasteiger partial charge in [-0.15, -0.1) is 0 Å². The zero-order valence-electron chi connectivity index (χ0n) is 7.36. The lowest BCUT2D eigenvalue weighted by molar-refractivity contribution is 0.270. The van der Waals surface area contributed by atoms with Crippen LogP contribution in [0, 0.1) is 11.8 Å². The molecule has 0 radical (unpaired) electrons. The number of allylic oxidation sites excluding steroid dienone is 2. The maximum Gasteiger partial charge on any atom is 0.133 e. The van der Waals surface area contributed by atoms with Crippen LogP contribution in [-0.4, -0.2) is 22.4 Å². The van der Waals surface area contributed by atoms with Gasteiger partial charge in [0.1, 0.15) is 12.2 Å². The van der Waals surface area contributed by atoms with Gasteiger partial charge < -0.3 is 10.2 Å². The monoisotopic (exact) mass is 166 g/mol. The molecule has 2 nitrogen and oxygen atoms in total. The molecule has 0 aliphatic heterocycles. The van der Waals surface area contributed by atoms with Crippen molar-refractivity contribution in [3.8, 4) is 11.8 Å². The first kappa shape index (κ1) is 11.0. The van der Waals surface area contributed by atoms with Crippen molar-refractivity contribution in [2.75, 3.05) is 0 Å². The molecule has 66 valence electrons. The van der Waals surface area contributed by atoms with E-state index in [-0.39, 0.29) is 0 Å². The third kappa shape index (κ3) is 5.72. The van der Waals surface area contributed by atoms with Crippen molar-refractivity contribution in [3.63, 3.8) is 0 Å². The van der Waals surface area contributed by atoms with Gasteiger partial charge in [0.15, 0.2) is 0 Å². The Morgan fingerprint density at radius 2 is 1.25 bits per heavy atom. The van der Waals surface area contributed by atoms with Crippen molar-refractivity contribution >= 4 is 0 Å². The van der Waals surface area contributed by atoms with E-state index in [1.807, 2.05) is 0 Å². The van der Waals surface area contributed by atoms with E-state index in [1.54, 1.807) is 38.2 Å². The quantitative estimate of drug-likeness (QED) is 0.472. The highest BCUT2D eigenvalue weighted by Gasteiger charge is 1.91. The molecule has 0 bridgehead atoms. The number of hydrogen-bond acceptors (Lipinski definition) is 2. The SMILES string of the molecule is C/C=C/C(O)C#CC(O)/C=C/C. The molecular formula is C10H14O2. The second-order valence-electron chi connectivity index (χ2n) is 2.23. The summed E-state index contributed by atoms with van der Waals surface area (Å²) in [6.07, 6.45) is 4.96. The van der Waals surface area contributed by atoms with Crippen molar-refractivity contribution in [1.29, 1.82) is 0 Å². The van der Waals surface area contributed by atoms with E-state index in [9.17, 15) is 0 Å². The molecule has 2 atom stereocenters. The lowest BCUT2D eigenvalue weighted by Crippen LogP contribution is -2.01. The molecule has 0 aliphatic rings.